The molecule has 6 nitrogen and oxygen atoms in total. The highest BCUT2D eigenvalue weighted by atomic mass is 31.2. The lowest BCUT2D eigenvalue weighted by atomic mass is 9.97. The minimum atomic E-state index is -3.27. The van der Waals surface area contributed by atoms with Gasteiger partial charge in [-0.15, -0.1) is 0 Å². The predicted octanol–water partition coefficient (Wildman–Crippen LogP) is 2.14. The van der Waals surface area contributed by atoms with E-state index in [9.17, 15) is 9.36 Å². The van der Waals surface area contributed by atoms with E-state index in [1.807, 2.05) is 13.8 Å². The molecule has 2 atom stereocenters. The van der Waals surface area contributed by atoms with Gasteiger partial charge in [0.15, 0.2) is 0 Å². The molecule has 0 radical (unpaired) electrons. The molecule has 2 aliphatic rings. The fourth-order valence-electron chi connectivity index (χ4n) is 2.49. The minimum absolute atomic E-state index is 0.135. The maximum atomic E-state index is 12.9. The first-order chi connectivity index (χ1) is 9.21. The van der Waals surface area contributed by atoms with Crippen LogP contribution in [0.5, 0.6) is 0 Å². The quantitative estimate of drug-likeness (QED) is 0.636. The summed E-state index contributed by atoms with van der Waals surface area (Å²) in [7, 11) is -3.27. The zero-order valence-corrected chi connectivity index (χ0v) is 13.5. The third-order valence-corrected chi connectivity index (χ3v) is 6.34. The number of rotatable bonds is 3. The van der Waals surface area contributed by atoms with Crippen LogP contribution < -0.4 is 5.32 Å². The third-order valence-electron chi connectivity index (χ3n) is 3.85. The first-order valence-electron chi connectivity index (χ1n) is 7.02. The van der Waals surface area contributed by atoms with Crippen LogP contribution >= 0.6 is 7.60 Å². The van der Waals surface area contributed by atoms with E-state index in [1.54, 1.807) is 13.8 Å². The lowest BCUT2D eigenvalue weighted by molar-refractivity contribution is -0.147. The maximum Gasteiger partial charge on any atom is 0.350 e. The third kappa shape index (κ3) is 2.93. The van der Waals surface area contributed by atoms with E-state index in [0.29, 0.717) is 32.8 Å². The van der Waals surface area contributed by atoms with Gasteiger partial charge in [0, 0.05) is 12.0 Å². The van der Waals surface area contributed by atoms with Crippen LogP contribution in [0.3, 0.4) is 0 Å². The maximum absolute atomic E-state index is 12.9. The Labute approximate surface area is 120 Å². The Kier molecular flexibility index (Phi) is 4.32. The Hall–Kier alpha value is -0.420. The van der Waals surface area contributed by atoms with E-state index in [4.69, 9.17) is 13.8 Å². The van der Waals surface area contributed by atoms with Crippen LogP contribution in [0.25, 0.3) is 0 Å². The molecule has 0 aromatic heterocycles. The summed E-state index contributed by atoms with van der Waals surface area (Å²) < 4.78 is 29.1. The molecule has 0 aromatic rings. The van der Waals surface area contributed by atoms with Gasteiger partial charge in [-0.2, -0.15) is 0 Å². The highest BCUT2D eigenvalue weighted by molar-refractivity contribution is 7.55. The van der Waals surface area contributed by atoms with Crippen LogP contribution in [0.15, 0.2) is 0 Å². The SMILES string of the molecule is CCOC(=O)C1CNC(C)(P2(=O)OCC(C)(C)CO2)C1. The van der Waals surface area contributed by atoms with E-state index < -0.39 is 12.9 Å². The van der Waals surface area contributed by atoms with Crippen molar-refractivity contribution in [3.63, 3.8) is 0 Å². The summed E-state index contributed by atoms with van der Waals surface area (Å²) in [5, 5.41) is 2.33. The second-order valence-corrected chi connectivity index (χ2v) is 9.01. The molecule has 2 rings (SSSR count). The molecule has 20 heavy (non-hydrogen) atoms. The molecule has 0 bridgehead atoms. The summed E-state index contributed by atoms with van der Waals surface area (Å²) in [6.45, 7) is 9.16. The molecule has 2 unspecified atom stereocenters. The van der Waals surface area contributed by atoms with Gasteiger partial charge in [0.25, 0.3) is 0 Å². The van der Waals surface area contributed by atoms with Crippen molar-refractivity contribution in [3.05, 3.63) is 0 Å². The zero-order chi connectivity index (χ0) is 15.0. The highest BCUT2D eigenvalue weighted by Crippen LogP contribution is 2.65. The molecular formula is C13H24NO5P. The smallest absolute Gasteiger partial charge is 0.350 e. The number of hydrogen-bond acceptors (Lipinski definition) is 6. The van der Waals surface area contributed by atoms with Crippen LogP contribution in [0, 0.1) is 11.3 Å². The van der Waals surface area contributed by atoms with Crippen LogP contribution in [-0.4, -0.2) is 37.6 Å². The van der Waals surface area contributed by atoms with Crippen LogP contribution in [0.2, 0.25) is 0 Å². The summed E-state index contributed by atoms with van der Waals surface area (Å²) in [5.41, 5.74) is -0.135. The topological polar surface area (TPSA) is 73.9 Å². The molecule has 0 saturated carbocycles. The number of ether oxygens (including phenoxy) is 1. The molecule has 0 spiro atoms. The summed E-state index contributed by atoms with van der Waals surface area (Å²) in [4.78, 5) is 11.8. The van der Waals surface area contributed by atoms with Crippen LogP contribution in [0.1, 0.15) is 34.1 Å². The molecule has 116 valence electrons. The van der Waals surface area contributed by atoms with E-state index in [0.717, 1.165) is 0 Å². The average Bonchev–Trinajstić information content (AvgIpc) is 2.78. The Bertz CT molecular complexity index is 424. The first-order valence-corrected chi connectivity index (χ1v) is 8.56. The normalized spacial score (nSPS) is 35.7. The highest BCUT2D eigenvalue weighted by Gasteiger charge is 2.55. The van der Waals surface area contributed by atoms with Crippen molar-refractivity contribution in [1.82, 2.24) is 5.32 Å². The Morgan fingerprint density at radius 2 is 1.95 bits per heavy atom. The second-order valence-electron chi connectivity index (χ2n) is 6.52. The molecule has 0 aromatic carbocycles. The first kappa shape index (κ1) is 16.0. The Morgan fingerprint density at radius 1 is 1.35 bits per heavy atom. The van der Waals surface area contributed by atoms with Gasteiger partial charge < -0.3 is 19.1 Å². The van der Waals surface area contributed by atoms with Gasteiger partial charge in [0.05, 0.1) is 25.7 Å². The van der Waals surface area contributed by atoms with Gasteiger partial charge in [0.2, 0.25) is 0 Å². The van der Waals surface area contributed by atoms with Crippen molar-refractivity contribution >= 4 is 13.6 Å². The molecule has 1 N–H and O–H groups in total. The largest absolute Gasteiger partial charge is 0.466 e. The predicted molar refractivity (Wildman–Crippen MR) is 74.4 cm³/mol. The van der Waals surface area contributed by atoms with Gasteiger partial charge in [0.1, 0.15) is 5.28 Å². The lowest BCUT2D eigenvalue weighted by Crippen LogP contribution is -2.42. The summed E-state index contributed by atoms with van der Waals surface area (Å²) in [6.07, 6.45) is 0.406. The van der Waals surface area contributed by atoms with Crippen molar-refractivity contribution in [2.45, 2.75) is 39.4 Å². The van der Waals surface area contributed by atoms with E-state index in [-0.39, 0.29) is 17.3 Å². The molecule has 7 heteroatoms. The van der Waals surface area contributed by atoms with Crippen molar-refractivity contribution in [2.75, 3.05) is 26.4 Å². The molecule has 0 amide bonds. The second kappa shape index (κ2) is 5.41. The monoisotopic (exact) mass is 305 g/mol. The molecule has 2 aliphatic heterocycles. The number of carbonyl (C=O) groups is 1. The molecule has 0 aliphatic carbocycles. The fourth-order valence-corrected chi connectivity index (χ4v) is 4.90. The van der Waals surface area contributed by atoms with Gasteiger partial charge in [-0.1, -0.05) is 13.8 Å². The summed E-state index contributed by atoms with van der Waals surface area (Å²) in [5.74, 6) is -0.555. The van der Waals surface area contributed by atoms with E-state index in [1.165, 1.54) is 0 Å². The van der Waals surface area contributed by atoms with Crippen LogP contribution in [0.4, 0.5) is 0 Å². The van der Waals surface area contributed by atoms with Gasteiger partial charge in [-0.25, -0.2) is 0 Å². The zero-order valence-electron chi connectivity index (χ0n) is 12.6. The van der Waals surface area contributed by atoms with Crippen molar-refractivity contribution < 1.29 is 23.1 Å². The Morgan fingerprint density at radius 3 is 2.50 bits per heavy atom. The molecular weight excluding hydrogens is 281 g/mol. The van der Waals surface area contributed by atoms with Crippen molar-refractivity contribution in [1.29, 1.82) is 0 Å². The van der Waals surface area contributed by atoms with Crippen LogP contribution in [-0.2, 0) is 23.1 Å². The van der Waals surface area contributed by atoms with Gasteiger partial charge in [-0.05, 0) is 20.3 Å². The fraction of sp³-hybridized carbons (Fsp3) is 0.923. The Balaban J connectivity index is 2.06. The number of nitrogens with one attached hydrogen (secondary N) is 1. The van der Waals surface area contributed by atoms with E-state index >= 15 is 0 Å². The van der Waals surface area contributed by atoms with Crippen molar-refractivity contribution in [3.8, 4) is 0 Å². The number of esters is 1. The number of carbonyl (C=O) groups excluding carboxylic acids is 1. The molecule has 2 saturated heterocycles. The summed E-state index contributed by atoms with van der Waals surface area (Å²) in [6, 6.07) is 0. The average molecular weight is 305 g/mol. The minimum Gasteiger partial charge on any atom is -0.466 e. The molecule has 2 fully saturated rings. The number of hydrogen-bond donors (Lipinski definition) is 1. The van der Waals surface area contributed by atoms with Gasteiger partial charge >= 0.3 is 13.6 Å². The molecule has 2 heterocycles. The lowest BCUT2D eigenvalue weighted by Gasteiger charge is -2.40. The van der Waals surface area contributed by atoms with Crippen molar-refractivity contribution in [2.24, 2.45) is 11.3 Å². The standard InChI is InChI=1S/C13H24NO5P/c1-5-17-11(15)10-6-13(4,14-7-10)20(16)18-8-12(2,3)9-19-20/h10,14H,5-9H2,1-4H3. The summed E-state index contributed by atoms with van der Waals surface area (Å²) >= 11 is 0. The van der Waals surface area contributed by atoms with E-state index in [2.05, 4.69) is 5.32 Å². The van der Waals surface area contributed by atoms with Gasteiger partial charge in [-0.3, -0.25) is 9.36 Å².